The molecule has 0 aromatic carbocycles. The number of nitrogens with zero attached hydrogens (tertiary/aromatic N) is 6. The highest BCUT2D eigenvalue weighted by Gasteiger charge is 2.47. The molecule has 4 unspecified atom stereocenters. The van der Waals surface area contributed by atoms with Crippen molar-refractivity contribution < 1.29 is 19.3 Å². The SMILES string of the molecule is CCS[C@H]1OC(C)[C@@H](N=[N+]=[N-])[C@H](C)C1O[C@H]1OC(C)[C@@H](N=[N+]=[N-])[C@H](C)C1O. The van der Waals surface area contributed by atoms with Crippen molar-refractivity contribution in [2.24, 2.45) is 22.1 Å². The van der Waals surface area contributed by atoms with Gasteiger partial charge in [0.25, 0.3) is 0 Å². The van der Waals surface area contributed by atoms with Crippen LogP contribution in [0, 0.1) is 11.8 Å². The molecule has 2 saturated heterocycles. The number of rotatable bonds is 6. The lowest BCUT2D eigenvalue weighted by Gasteiger charge is -2.47. The highest BCUT2D eigenvalue weighted by Crippen LogP contribution is 2.38. The van der Waals surface area contributed by atoms with Crippen LogP contribution in [0.3, 0.4) is 0 Å². The van der Waals surface area contributed by atoms with E-state index >= 15 is 0 Å². The molecule has 0 radical (unpaired) electrons. The molecular weight excluding hydrogens is 372 g/mol. The summed E-state index contributed by atoms with van der Waals surface area (Å²) in [6, 6.07) is -0.845. The molecule has 0 aromatic rings. The van der Waals surface area contributed by atoms with Crippen molar-refractivity contribution in [2.45, 2.75) is 82.8 Å². The zero-order valence-corrected chi connectivity index (χ0v) is 17.1. The Hall–Kier alpha value is -1.19. The van der Waals surface area contributed by atoms with Crippen LogP contribution in [0.15, 0.2) is 10.2 Å². The second-order valence-electron chi connectivity index (χ2n) is 7.08. The fraction of sp³-hybridized carbons (Fsp3) is 1.00. The van der Waals surface area contributed by atoms with Crippen LogP contribution in [0.25, 0.3) is 20.9 Å². The molecule has 27 heavy (non-hydrogen) atoms. The van der Waals surface area contributed by atoms with Gasteiger partial charge in [0, 0.05) is 9.82 Å². The third-order valence-corrected chi connectivity index (χ3v) is 6.37. The topological polar surface area (TPSA) is 145 Å². The normalized spacial score (nSPS) is 44.8. The molecule has 0 saturated carbocycles. The van der Waals surface area contributed by atoms with E-state index in [0.717, 1.165) is 5.75 Å². The molecule has 2 fully saturated rings. The number of thioether (sulfide) groups is 1. The summed E-state index contributed by atoms with van der Waals surface area (Å²) in [7, 11) is 0. The number of aliphatic hydroxyl groups is 1. The molecule has 10 atom stereocenters. The zero-order chi connectivity index (χ0) is 20.1. The smallest absolute Gasteiger partial charge is 0.184 e. The van der Waals surface area contributed by atoms with Crippen molar-refractivity contribution in [2.75, 3.05) is 5.75 Å². The van der Waals surface area contributed by atoms with Gasteiger partial charge in [-0.15, -0.1) is 11.8 Å². The minimum atomic E-state index is -0.951. The Balaban J connectivity index is 2.20. The predicted octanol–water partition coefficient (Wildman–Crippen LogP) is 3.61. The van der Waals surface area contributed by atoms with E-state index in [4.69, 9.17) is 25.3 Å². The molecule has 2 heterocycles. The standard InChI is InChI=1S/C16H28N6O4S/c1-6-27-16-14(8(3)12(20-22-18)10(5)25-16)26-15-13(23)7(2)11(19-21-17)9(4)24-15/h7-16,23H,6H2,1-5H3/t7-,8-,9?,10?,11-,12-,13?,14?,15+,16+/m0/s1. The minimum absolute atomic E-state index is 0.120. The predicted molar refractivity (Wildman–Crippen MR) is 102 cm³/mol. The van der Waals surface area contributed by atoms with Gasteiger partial charge in [0.05, 0.1) is 30.4 Å². The van der Waals surface area contributed by atoms with Gasteiger partial charge in [-0.3, -0.25) is 0 Å². The van der Waals surface area contributed by atoms with E-state index in [1.54, 1.807) is 18.7 Å². The first-order chi connectivity index (χ1) is 12.8. The van der Waals surface area contributed by atoms with E-state index in [9.17, 15) is 5.11 Å². The van der Waals surface area contributed by atoms with Crippen molar-refractivity contribution in [1.29, 1.82) is 0 Å². The van der Waals surface area contributed by atoms with Gasteiger partial charge in [0.1, 0.15) is 11.5 Å². The van der Waals surface area contributed by atoms with Crippen LogP contribution < -0.4 is 0 Å². The first-order valence-electron chi connectivity index (χ1n) is 9.20. The van der Waals surface area contributed by atoms with Gasteiger partial charge in [0.2, 0.25) is 0 Å². The van der Waals surface area contributed by atoms with Crippen LogP contribution in [0.4, 0.5) is 0 Å². The summed E-state index contributed by atoms with van der Waals surface area (Å²) >= 11 is 1.60. The van der Waals surface area contributed by atoms with E-state index in [0.29, 0.717) is 0 Å². The number of hydrogen-bond acceptors (Lipinski definition) is 7. The second kappa shape index (κ2) is 9.84. The van der Waals surface area contributed by atoms with Crippen molar-refractivity contribution in [3.63, 3.8) is 0 Å². The molecule has 0 aliphatic carbocycles. The van der Waals surface area contributed by atoms with Gasteiger partial charge in [0.15, 0.2) is 6.29 Å². The van der Waals surface area contributed by atoms with Gasteiger partial charge in [-0.2, -0.15) is 0 Å². The van der Waals surface area contributed by atoms with Crippen LogP contribution >= 0.6 is 11.8 Å². The summed E-state index contributed by atoms with van der Waals surface area (Å²) in [5.74, 6) is 0.388. The van der Waals surface area contributed by atoms with Crippen molar-refractivity contribution in [3.8, 4) is 0 Å². The zero-order valence-electron chi connectivity index (χ0n) is 16.2. The van der Waals surface area contributed by atoms with Crippen LogP contribution in [-0.2, 0) is 14.2 Å². The molecule has 1 N–H and O–H groups in total. The second-order valence-corrected chi connectivity index (χ2v) is 8.45. The minimum Gasteiger partial charge on any atom is -0.388 e. The summed E-state index contributed by atoms with van der Waals surface area (Å²) in [5.41, 5.74) is 17.3. The molecule has 2 aliphatic rings. The molecule has 0 aromatic heterocycles. The Labute approximate surface area is 163 Å². The third-order valence-electron chi connectivity index (χ3n) is 5.33. The number of hydrogen-bond donors (Lipinski definition) is 1. The third kappa shape index (κ3) is 4.81. The fourth-order valence-corrected chi connectivity index (χ4v) is 4.84. The van der Waals surface area contributed by atoms with E-state index in [1.165, 1.54) is 0 Å². The van der Waals surface area contributed by atoms with Gasteiger partial charge < -0.3 is 19.3 Å². The van der Waals surface area contributed by atoms with E-state index in [-0.39, 0.29) is 29.4 Å². The largest absolute Gasteiger partial charge is 0.388 e. The lowest BCUT2D eigenvalue weighted by Crippen LogP contribution is -2.57. The molecule has 2 aliphatic heterocycles. The average Bonchev–Trinajstić information content (AvgIpc) is 2.63. The summed E-state index contributed by atoms with van der Waals surface area (Å²) < 4.78 is 18.0. The molecule has 0 amide bonds. The van der Waals surface area contributed by atoms with E-state index in [1.807, 2.05) is 27.7 Å². The molecule has 152 valence electrons. The van der Waals surface area contributed by atoms with E-state index in [2.05, 4.69) is 20.1 Å². The molecule has 10 nitrogen and oxygen atoms in total. The Bertz CT molecular complexity index is 599. The fourth-order valence-electron chi connectivity index (χ4n) is 3.76. The Morgan fingerprint density at radius 2 is 1.56 bits per heavy atom. The van der Waals surface area contributed by atoms with Crippen LogP contribution in [0.5, 0.6) is 0 Å². The first-order valence-corrected chi connectivity index (χ1v) is 10.2. The van der Waals surface area contributed by atoms with Crippen molar-refractivity contribution in [1.82, 2.24) is 0 Å². The summed E-state index contributed by atoms with van der Waals surface area (Å²) in [6.45, 7) is 9.47. The van der Waals surface area contributed by atoms with Gasteiger partial charge in [-0.1, -0.05) is 31.0 Å². The molecule has 0 spiro atoms. The Morgan fingerprint density at radius 1 is 1.00 bits per heavy atom. The van der Waals surface area contributed by atoms with Crippen LogP contribution in [0.2, 0.25) is 0 Å². The average molecular weight is 401 g/mol. The maximum absolute atomic E-state index is 10.6. The van der Waals surface area contributed by atoms with Crippen molar-refractivity contribution >= 4 is 11.8 Å². The lowest BCUT2D eigenvalue weighted by atomic mass is 9.88. The summed E-state index contributed by atoms with van der Waals surface area (Å²) in [4.78, 5) is 5.78. The number of azide groups is 2. The first kappa shape index (κ1) is 22.1. The van der Waals surface area contributed by atoms with E-state index < -0.39 is 30.6 Å². The highest BCUT2D eigenvalue weighted by atomic mass is 32.2. The van der Waals surface area contributed by atoms with Gasteiger partial charge >= 0.3 is 0 Å². The summed E-state index contributed by atoms with van der Waals surface area (Å²) in [6.07, 6.45) is -2.88. The Morgan fingerprint density at radius 3 is 2.11 bits per heavy atom. The Kier molecular flexibility index (Phi) is 8.05. The maximum atomic E-state index is 10.6. The summed E-state index contributed by atoms with van der Waals surface area (Å²) in [5, 5.41) is 18.3. The van der Waals surface area contributed by atoms with Gasteiger partial charge in [-0.25, -0.2) is 0 Å². The highest BCUT2D eigenvalue weighted by molar-refractivity contribution is 7.99. The maximum Gasteiger partial charge on any atom is 0.184 e. The molecule has 0 bridgehead atoms. The molecule has 11 heteroatoms. The number of aliphatic hydroxyl groups excluding tert-OH is 1. The van der Waals surface area contributed by atoms with Gasteiger partial charge in [-0.05, 0) is 42.5 Å². The number of ether oxygens (including phenoxy) is 3. The van der Waals surface area contributed by atoms with Crippen LogP contribution in [0.1, 0.15) is 34.6 Å². The molecule has 2 rings (SSSR count). The van der Waals surface area contributed by atoms with Crippen LogP contribution in [-0.4, -0.2) is 59.1 Å². The quantitative estimate of drug-likeness (QED) is 0.411. The molecular formula is C16H28N6O4S. The monoisotopic (exact) mass is 400 g/mol. The lowest BCUT2D eigenvalue weighted by molar-refractivity contribution is -0.292. The van der Waals surface area contributed by atoms with Crippen molar-refractivity contribution in [3.05, 3.63) is 20.9 Å².